The van der Waals surface area contributed by atoms with Gasteiger partial charge in [0.1, 0.15) is 30.2 Å². The number of rotatable bonds is 35. The van der Waals surface area contributed by atoms with Gasteiger partial charge in [0.2, 0.25) is 41.4 Å². The number of nitrogens with two attached hydrogens (primary N) is 6. The molecule has 388 valence electrons. The number of carboxylic acids is 1. The van der Waals surface area contributed by atoms with Gasteiger partial charge in [-0.15, -0.1) is 0 Å². The van der Waals surface area contributed by atoms with Gasteiger partial charge in [-0.2, -0.15) is 0 Å². The zero-order valence-electron chi connectivity index (χ0n) is 39.5. The highest BCUT2D eigenvalue weighted by Gasteiger charge is 2.39. The summed E-state index contributed by atoms with van der Waals surface area (Å²) in [6, 6.07) is -8.11. The molecule has 68 heavy (non-hydrogen) atoms. The third kappa shape index (κ3) is 22.5. The lowest BCUT2D eigenvalue weighted by atomic mass is 9.93. The van der Waals surface area contributed by atoms with Crippen LogP contribution in [-0.4, -0.2) is 168 Å². The number of hydrogen-bond acceptors (Lipinski definition) is 16. The second kappa shape index (κ2) is 33.0. The van der Waals surface area contributed by atoms with Gasteiger partial charge >= 0.3 is 5.97 Å². The fourth-order valence-electron chi connectivity index (χ4n) is 7.32. The maximum atomic E-state index is 13.9. The SMILES string of the molecule is C[C@H](NC(=O)[C@@H](NC(=O)[C@@H](N)CCCCN)[C@@H](O)CN)C(=O)NCC(=O)N[C@H](CCCN)C(=O)N1CCC[C@H]1C(=O)N[C@@H](C)C(=O)N[C@@H](CCCCN)C(=O)CCC(CCCNC(=N)N)C(=O)O. The van der Waals surface area contributed by atoms with Crippen LogP contribution in [0.5, 0.6) is 0 Å². The first-order valence-electron chi connectivity index (χ1n) is 23.4. The Balaban J connectivity index is 2.92. The maximum absolute atomic E-state index is 13.9. The van der Waals surface area contributed by atoms with Crippen LogP contribution in [0.3, 0.4) is 0 Å². The van der Waals surface area contributed by atoms with E-state index in [-0.39, 0.29) is 69.8 Å². The number of ketones is 1. The Bertz CT molecular complexity index is 1680. The van der Waals surface area contributed by atoms with Crippen molar-refractivity contribution in [2.75, 3.05) is 45.8 Å². The first-order chi connectivity index (χ1) is 32.2. The number of carboxylic acid groups (broad SMARTS) is 1. The smallest absolute Gasteiger partial charge is 0.306 e. The monoisotopic (exact) mass is 970 g/mol. The van der Waals surface area contributed by atoms with Crippen molar-refractivity contribution in [1.82, 2.24) is 42.1 Å². The summed E-state index contributed by atoms with van der Waals surface area (Å²) in [5.41, 5.74) is 33.6. The van der Waals surface area contributed by atoms with Gasteiger partial charge in [0, 0.05) is 26.1 Å². The Morgan fingerprint density at radius 3 is 1.91 bits per heavy atom. The third-order valence-corrected chi connectivity index (χ3v) is 11.4. The normalized spacial score (nSPS) is 16.9. The molecule has 7 amide bonds. The van der Waals surface area contributed by atoms with Crippen LogP contribution in [0.25, 0.3) is 0 Å². The molecule has 0 aromatic carbocycles. The van der Waals surface area contributed by atoms with Crippen LogP contribution in [0.2, 0.25) is 0 Å². The van der Waals surface area contributed by atoms with E-state index in [2.05, 4.69) is 37.2 Å². The molecular weight excluding hydrogens is 891 g/mol. The van der Waals surface area contributed by atoms with Crippen LogP contribution in [0.15, 0.2) is 0 Å². The summed E-state index contributed by atoms with van der Waals surface area (Å²) in [4.78, 5) is 119. The molecule has 1 fully saturated rings. The van der Waals surface area contributed by atoms with Gasteiger partial charge in [-0.1, -0.05) is 6.42 Å². The number of carbonyl (C=O) groups excluding carboxylic acids is 8. The molecule has 1 heterocycles. The number of amides is 7. The van der Waals surface area contributed by atoms with Crippen molar-refractivity contribution < 1.29 is 53.4 Å². The average molecular weight is 970 g/mol. The van der Waals surface area contributed by atoms with Crippen LogP contribution >= 0.6 is 0 Å². The summed E-state index contributed by atoms with van der Waals surface area (Å²) < 4.78 is 0. The van der Waals surface area contributed by atoms with Crippen LogP contribution in [0, 0.1) is 11.3 Å². The molecule has 0 aliphatic carbocycles. The Morgan fingerprint density at radius 1 is 0.691 bits per heavy atom. The summed E-state index contributed by atoms with van der Waals surface area (Å²) in [5, 5.41) is 44.9. The van der Waals surface area contributed by atoms with Crippen molar-refractivity contribution in [2.24, 2.45) is 40.3 Å². The number of aliphatic carboxylic acids is 1. The lowest BCUT2D eigenvalue weighted by Gasteiger charge is -2.29. The number of nitrogens with zero attached hydrogens (tertiary/aromatic N) is 1. The highest BCUT2D eigenvalue weighted by Crippen LogP contribution is 2.21. The number of aliphatic hydroxyl groups excluding tert-OH is 1. The molecule has 9 atom stereocenters. The fraction of sp³-hybridized carbons (Fsp3) is 0.762. The predicted octanol–water partition coefficient (Wildman–Crippen LogP) is -5.49. The molecule has 1 rings (SSSR count). The molecule has 0 bridgehead atoms. The summed E-state index contributed by atoms with van der Waals surface area (Å²) in [6.07, 6.45) is 2.84. The minimum atomic E-state index is -1.55. The quantitative estimate of drug-likeness (QED) is 0.0160. The van der Waals surface area contributed by atoms with Crippen LogP contribution in [-0.2, 0) is 43.2 Å². The van der Waals surface area contributed by atoms with Gasteiger partial charge in [-0.3, -0.25) is 48.6 Å². The number of nitrogens with one attached hydrogen (secondary N) is 8. The number of likely N-dealkylation sites (tertiary alicyclic amines) is 1. The zero-order chi connectivity index (χ0) is 51.3. The molecule has 22 N–H and O–H groups in total. The Kier molecular flexibility index (Phi) is 29.4. The minimum Gasteiger partial charge on any atom is -0.481 e. The van der Waals surface area contributed by atoms with Gasteiger partial charge in [0.25, 0.3) is 0 Å². The first-order valence-corrected chi connectivity index (χ1v) is 23.4. The summed E-state index contributed by atoms with van der Waals surface area (Å²) in [6.45, 7) is 3.06. The fourth-order valence-corrected chi connectivity index (χ4v) is 7.32. The van der Waals surface area contributed by atoms with Crippen molar-refractivity contribution >= 4 is 59.1 Å². The molecular formula is C42H79N15O11. The van der Waals surface area contributed by atoms with Crippen LogP contribution in [0.1, 0.15) is 104 Å². The van der Waals surface area contributed by atoms with E-state index in [1.807, 2.05) is 0 Å². The lowest BCUT2D eigenvalue weighted by molar-refractivity contribution is -0.142. The van der Waals surface area contributed by atoms with Gasteiger partial charge in [0.15, 0.2) is 11.7 Å². The molecule has 26 heteroatoms. The topological polar surface area (TPSA) is 462 Å². The van der Waals surface area contributed by atoms with Crippen molar-refractivity contribution in [1.29, 1.82) is 5.41 Å². The van der Waals surface area contributed by atoms with E-state index >= 15 is 0 Å². The van der Waals surface area contributed by atoms with Crippen molar-refractivity contribution in [3.05, 3.63) is 0 Å². The third-order valence-electron chi connectivity index (χ3n) is 11.4. The van der Waals surface area contributed by atoms with Crippen molar-refractivity contribution in [2.45, 2.75) is 152 Å². The molecule has 1 saturated heterocycles. The van der Waals surface area contributed by atoms with Crippen LogP contribution < -0.4 is 71.6 Å². The van der Waals surface area contributed by atoms with Gasteiger partial charge in [-0.25, -0.2) is 0 Å². The Labute approximate surface area is 397 Å². The van der Waals surface area contributed by atoms with Gasteiger partial charge in [0.05, 0.1) is 30.7 Å². The minimum absolute atomic E-state index is 0.0228. The second-order valence-corrected chi connectivity index (χ2v) is 17.0. The van der Waals surface area contributed by atoms with Gasteiger partial charge in [-0.05, 0) is 111 Å². The molecule has 0 saturated carbocycles. The molecule has 26 nitrogen and oxygen atoms in total. The van der Waals surface area contributed by atoms with Crippen molar-refractivity contribution in [3.8, 4) is 0 Å². The van der Waals surface area contributed by atoms with E-state index in [1.54, 1.807) is 0 Å². The molecule has 1 aliphatic heterocycles. The number of carbonyl (C=O) groups is 9. The molecule has 0 radical (unpaired) electrons. The standard InChI is InChI=1S/C42H79N15O11/c1-24(53-39(65)34(32(59)22-46)56-37(63)27(47)11-3-5-17-43)35(61)51-23-33(60)54-29(13-7-19-45)40(66)57-21-9-14-30(57)38(64)52-25(2)36(62)55-28(12-4-6-18-44)31(58)16-15-26(41(67)68)10-8-20-50-42(48)49/h24-30,32,34,59H,3-23,43-47H2,1-2H3,(H,51,61)(H,52,64)(H,53,65)(H,54,60)(H,55,62)(H,56,63)(H,67,68)(H4,48,49,50)/t24-,25-,26?,27-,28-,29+,30-,32-,34-/m0/s1. The van der Waals surface area contributed by atoms with E-state index in [1.165, 1.54) is 18.7 Å². The maximum Gasteiger partial charge on any atom is 0.306 e. The summed E-state index contributed by atoms with van der Waals surface area (Å²) >= 11 is 0. The average Bonchev–Trinajstić information content (AvgIpc) is 3.80. The van der Waals surface area contributed by atoms with Crippen molar-refractivity contribution in [3.63, 3.8) is 0 Å². The summed E-state index contributed by atoms with van der Waals surface area (Å²) in [5.74, 6) is -7.71. The van der Waals surface area contributed by atoms with Gasteiger partial charge < -0.3 is 86.7 Å². The molecule has 1 aliphatic rings. The van der Waals surface area contributed by atoms with E-state index in [0.717, 1.165) is 0 Å². The largest absolute Gasteiger partial charge is 0.481 e. The number of aliphatic hydroxyl groups is 1. The zero-order valence-corrected chi connectivity index (χ0v) is 39.5. The van der Waals surface area contributed by atoms with E-state index in [4.69, 9.17) is 39.8 Å². The lowest BCUT2D eigenvalue weighted by Crippen LogP contribution is -2.60. The predicted molar refractivity (Wildman–Crippen MR) is 250 cm³/mol. The summed E-state index contributed by atoms with van der Waals surface area (Å²) in [7, 11) is 0. The highest BCUT2D eigenvalue weighted by molar-refractivity contribution is 5.97. The number of Topliss-reactive ketones (excluding diaryl/α,β-unsaturated/α-hetero) is 1. The van der Waals surface area contributed by atoms with E-state index in [0.29, 0.717) is 64.6 Å². The van der Waals surface area contributed by atoms with E-state index < -0.39 is 115 Å². The molecule has 0 spiro atoms. The Hall–Kier alpha value is -5.54. The Morgan fingerprint density at radius 2 is 1.31 bits per heavy atom. The number of unbranched alkanes of at least 4 members (excludes halogenated alkanes) is 2. The van der Waals surface area contributed by atoms with Crippen LogP contribution in [0.4, 0.5) is 0 Å². The number of guanidine groups is 1. The number of hydrogen-bond donors (Lipinski definition) is 16. The highest BCUT2D eigenvalue weighted by atomic mass is 16.4. The molecule has 1 unspecified atom stereocenters. The molecule has 0 aromatic heterocycles. The second-order valence-electron chi connectivity index (χ2n) is 17.0. The van der Waals surface area contributed by atoms with E-state index in [9.17, 15) is 53.4 Å². The molecule has 0 aromatic rings. The first kappa shape index (κ1) is 60.5.